The molecular formula is C17H10BrClN2O3. The molecule has 1 aliphatic heterocycles. The Labute approximate surface area is 151 Å². The molecule has 1 saturated heterocycles. The molecule has 0 saturated carbocycles. The summed E-state index contributed by atoms with van der Waals surface area (Å²) in [4.78, 5) is 37.6. The summed E-state index contributed by atoms with van der Waals surface area (Å²) in [7, 11) is 0. The zero-order valence-electron chi connectivity index (χ0n) is 12.1. The van der Waals surface area contributed by atoms with Gasteiger partial charge in [0.1, 0.15) is 5.57 Å². The normalized spacial score (nSPS) is 16.5. The summed E-state index contributed by atoms with van der Waals surface area (Å²) < 4.78 is 0.877. The molecule has 0 aromatic heterocycles. The van der Waals surface area contributed by atoms with Crippen molar-refractivity contribution in [3.63, 3.8) is 0 Å². The molecule has 0 bridgehead atoms. The van der Waals surface area contributed by atoms with Crippen molar-refractivity contribution >= 4 is 57.1 Å². The molecule has 1 aliphatic rings. The lowest BCUT2D eigenvalue weighted by molar-refractivity contribution is -0.122. The van der Waals surface area contributed by atoms with E-state index in [-0.39, 0.29) is 5.57 Å². The molecule has 4 amide bonds. The Bertz CT molecular complexity index is 860. The topological polar surface area (TPSA) is 66.5 Å². The van der Waals surface area contributed by atoms with Gasteiger partial charge >= 0.3 is 6.03 Å². The lowest BCUT2D eigenvalue weighted by atomic mass is 10.1. The van der Waals surface area contributed by atoms with Crippen LogP contribution in [0.5, 0.6) is 0 Å². The van der Waals surface area contributed by atoms with Gasteiger partial charge in [-0.15, -0.1) is 0 Å². The number of carbonyl (C=O) groups excluding carboxylic acids is 3. The molecule has 7 heteroatoms. The first-order valence-electron chi connectivity index (χ1n) is 6.88. The minimum absolute atomic E-state index is 0.119. The van der Waals surface area contributed by atoms with Crippen LogP contribution in [0.15, 0.2) is 58.6 Å². The highest BCUT2D eigenvalue weighted by Gasteiger charge is 2.36. The molecule has 0 aliphatic carbocycles. The van der Waals surface area contributed by atoms with E-state index in [1.807, 2.05) is 0 Å². The van der Waals surface area contributed by atoms with Crippen LogP contribution in [0.1, 0.15) is 5.56 Å². The summed E-state index contributed by atoms with van der Waals surface area (Å²) in [5.41, 5.74) is 0.880. The number of carbonyl (C=O) groups is 3. The van der Waals surface area contributed by atoms with E-state index in [2.05, 4.69) is 21.2 Å². The Morgan fingerprint density at radius 3 is 2.21 bits per heavy atom. The summed E-state index contributed by atoms with van der Waals surface area (Å²) >= 11 is 9.14. The Hall–Kier alpha value is -2.44. The lowest BCUT2D eigenvalue weighted by Gasteiger charge is -2.26. The minimum atomic E-state index is -0.791. The van der Waals surface area contributed by atoms with Crippen molar-refractivity contribution < 1.29 is 14.4 Å². The molecule has 0 radical (unpaired) electrons. The Balaban J connectivity index is 1.99. The highest BCUT2D eigenvalue weighted by atomic mass is 79.9. The first kappa shape index (κ1) is 16.4. The van der Waals surface area contributed by atoms with E-state index in [4.69, 9.17) is 11.6 Å². The van der Waals surface area contributed by atoms with E-state index in [1.165, 1.54) is 18.2 Å². The summed E-state index contributed by atoms with van der Waals surface area (Å²) in [6, 6.07) is 12.5. The van der Waals surface area contributed by atoms with Crippen molar-refractivity contribution in [1.82, 2.24) is 5.32 Å². The number of amides is 4. The number of rotatable bonds is 2. The number of anilines is 1. The number of nitrogens with one attached hydrogen (secondary N) is 1. The third kappa shape index (κ3) is 3.25. The standard InChI is InChI=1S/C17H10BrClN2O3/c18-11-3-1-10(2-4-11)9-14-15(22)20-17(24)21(16(14)23)13-7-5-12(19)6-8-13/h1-9H,(H,20,22,24)/b14-9-. The molecule has 120 valence electrons. The predicted octanol–water partition coefficient (Wildman–Crippen LogP) is 3.77. The highest BCUT2D eigenvalue weighted by Crippen LogP contribution is 2.23. The van der Waals surface area contributed by atoms with Crippen LogP contribution in [0.25, 0.3) is 6.08 Å². The zero-order valence-corrected chi connectivity index (χ0v) is 14.5. The van der Waals surface area contributed by atoms with Gasteiger partial charge in [-0.25, -0.2) is 9.69 Å². The second-order valence-corrected chi connectivity index (χ2v) is 6.34. The van der Waals surface area contributed by atoms with Crippen molar-refractivity contribution in [3.05, 3.63) is 69.2 Å². The molecule has 24 heavy (non-hydrogen) atoms. The Morgan fingerprint density at radius 2 is 1.58 bits per heavy atom. The van der Waals surface area contributed by atoms with Crippen LogP contribution in [0.3, 0.4) is 0 Å². The van der Waals surface area contributed by atoms with E-state index in [0.717, 1.165) is 9.37 Å². The molecule has 2 aromatic carbocycles. The second-order valence-electron chi connectivity index (χ2n) is 4.99. The van der Waals surface area contributed by atoms with Crippen LogP contribution in [0, 0.1) is 0 Å². The van der Waals surface area contributed by atoms with E-state index >= 15 is 0 Å². The molecule has 2 aromatic rings. The van der Waals surface area contributed by atoms with Crippen LogP contribution >= 0.6 is 27.5 Å². The fraction of sp³-hybridized carbons (Fsp3) is 0. The number of halogens is 2. The molecule has 1 N–H and O–H groups in total. The number of hydrogen-bond donors (Lipinski definition) is 1. The van der Waals surface area contributed by atoms with Crippen molar-refractivity contribution in [2.75, 3.05) is 4.90 Å². The number of hydrogen-bond acceptors (Lipinski definition) is 3. The third-order valence-corrected chi connectivity index (χ3v) is 4.15. The van der Waals surface area contributed by atoms with Crippen molar-refractivity contribution in [2.24, 2.45) is 0 Å². The van der Waals surface area contributed by atoms with Crippen LogP contribution in [-0.4, -0.2) is 17.8 Å². The SMILES string of the molecule is O=C1NC(=O)N(c2ccc(Cl)cc2)C(=O)/C1=C\c1ccc(Br)cc1. The smallest absolute Gasteiger partial charge is 0.273 e. The number of nitrogens with zero attached hydrogens (tertiary/aromatic N) is 1. The van der Waals surface area contributed by atoms with Gasteiger partial charge in [-0.3, -0.25) is 14.9 Å². The molecule has 0 atom stereocenters. The molecule has 3 rings (SSSR count). The summed E-state index contributed by atoms with van der Waals surface area (Å²) in [5, 5.41) is 2.65. The quantitative estimate of drug-likeness (QED) is 0.611. The first-order valence-corrected chi connectivity index (χ1v) is 8.05. The summed E-state index contributed by atoms with van der Waals surface area (Å²) in [6.07, 6.45) is 1.44. The van der Waals surface area contributed by atoms with Gasteiger partial charge in [0.25, 0.3) is 11.8 Å². The van der Waals surface area contributed by atoms with Gasteiger partial charge in [-0.05, 0) is 48.0 Å². The molecular weight excluding hydrogens is 396 g/mol. The highest BCUT2D eigenvalue weighted by molar-refractivity contribution is 9.10. The fourth-order valence-corrected chi connectivity index (χ4v) is 2.60. The van der Waals surface area contributed by atoms with Crippen molar-refractivity contribution in [3.8, 4) is 0 Å². The minimum Gasteiger partial charge on any atom is -0.273 e. The van der Waals surface area contributed by atoms with E-state index in [0.29, 0.717) is 16.3 Å². The zero-order chi connectivity index (χ0) is 17.3. The Morgan fingerprint density at radius 1 is 0.958 bits per heavy atom. The van der Waals surface area contributed by atoms with Crippen LogP contribution < -0.4 is 10.2 Å². The maximum absolute atomic E-state index is 12.6. The van der Waals surface area contributed by atoms with Crippen molar-refractivity contribution in [1.29, 1.82) is 0 Å². The molecule has 0 spiro atoms. The van der Waals surface area contributed by atoms with Crippen LogP contribution in [-0.2, 0) is 9.59 Å². The van der Waals surface area contributed by atoms with Crippen molar-refractivity contribution in [2.45, 2.75) is 0 Å². The largest absolute Gasteiger partial charge is 0.335 e. The average molecular weight is 406 g/mol. The van der Waals surface area contributed by atoms with Gasteiger partial charge in [-0.1, -0.05) is 39.7 Å². The van der Waals surface area contributed by atoms with E-state index in [9.17, 15) is 14.4 Å². The maximum Gasteiger partial charge on any atom is 0.335 e. The fourth-order valence-electron chi connectivity index (χ4n) is 2.21. The maximum atomic E-state index is 12.6. The van der Waals surface area contributed by atoms with Crippen LogP contribution in [0.4, 0.5) is 10.5 Å². The summed E-state index contributed by atoms with van der Waals surface area (Å²) in [5.74, 6) is -1.41. The lowest BCUT2D eigenvalue weighted by Crippen LogP contribution is -2.54. The predicted molar refractivity (Wildman–Crippen MR) is 94.6 cm³/mol. The van der Waals surface area contributed by atoms with Gasteiger partial charge in [0.15, 0.2) is 0 Å². The number of urea groups is 1. The van der Waals surface area contributed by atoms with Crippen LogP contribution in [0.2, 0.25) is 5.02 Å². The number of benzene rings is 2. The molecule has 1 fully saturated rings. The monoisotopic (exact) mass is 404 g/mol. The van der Waals surface area contributed by atoms with E-state index in [1.54, 1.807) is 36.4 Å². The molecule has 5 nitrogen and oxygen atoms in total. The molecule has 0 unspecified atom stereocenters. The second kappa shape index (κ2) is 6.59. The third-order valence-electron chi connectivity index (χ3n) is 3.37. The number of barbiturate groups is 1. The number of imide groups is 2. The molecule has 1 heterocycles. The Kier molecular flexibility index (Phi) is 4.51. The van der Waals surface area contributed by atoms with Gasteiger partial charge in [0.05, 0.1) is 5.69 Å². The van der Waals surface area contributed by atoms with Gasteiger partial charge < -0.3 is 0 Å². The summed E-state index contributed by atoms with van der Waals surface area (Å²) in [6.45, 7) is 0. The van der Waals surface area contributed by atoms with Gasteiger partial charge in [0.2, 0.25) is 0 Å². The van der Waals surface area contributed by atoms with Gasteiger partial charge in [-0.2, -0.15) is 0 Å². The van der Waals surface area contributed by atoms with Gasteiger partial charge in [0, 0.05) is 9.50 Å². The van der Waals surface area contributed by atoms with E-state index < -0.39 is 17.8 Å². The average Bonchev–Trinajstić information content (AvgIpc) is 2.55. The first-order chi connectivity index (χ1) is 11.5.